The minimum atomic E-state index is -0.352. The zero-order valence-electron chi connectivity index (χ0n) is 16.7. The molecule has 0 saturated heterocycles. The van der Waals surface area contributed by atoms with E-state index in [1.807, 2.05) is 55.5 Å². The zero-order valence-corrected chi connectivity index (χ0v) is 17.5. The topological polar surface area (TPSA) is 90.2 Å². The lowest BCUT2D eigenvalue weighted by Gasteiger charge is -2.22. The van der Waals surface area contributed by atoms with Crippen molar-refractivity contribution in [2.24, 2.45) is 0 Å². The number of aromatic nitrogens is 3. The summed E-state index contributed by atoms with van der Waals surface area (Å²) in [5.74, 6) is 0.383. The van der Waals surface area contributed by atoms with Gasteiger partial charge in [0.15, 0.2) is 0 Å². The van der Waals surface area contributed by atoms with E-state index in [9.17, 15) is 4.79 Å². The molecule has 0 radical (unpaired) electrons. The Morgan fingerprint density at radius 2 is 2.00 bits per heavy atom. The van der Waals surface area contributed by atoms with Crippen molar-refractivity contribution in [3.8, 4) is 0 Å². The number of hydrogen-bond donors (Lipinski definition) is 2. The first-order valence-corrected chi connectivity index (χ1v) is 9.98. The monoisotopic (exact) mass is 430 g/mol. The molecule has 0 aliphatic heterocycles. The van der Waals surface area contributed by atoms with E-state index in [-0.39, 0.29) is 23.2 Å². The van der Waals surface area contributed by atoms with Gasteiger partial charge in [-0.3, -0.25) is 4.79 Å². The molecule has 0 bridgehead atoms. The Balaban J connectivity index is 1.86. The summed E-state index contributed by atoms with van der Waals surface area (Å²) in [6, 6.07) is 16.7. The number of halogens is 1. The average Bonchev–Trinajstić information content (AvgIpc) is 2.76. The van der Waals surface area contributed by atoms with Gasteiger partial charge >= 0.3 is 0 Å². The van der Waals surface area contributed by atoms with Crippen LogP contribution in [0.4, 0.5) is 17.5 Å². The molecular formula is C23H19ClN6O. The number of nitrogen functional groups attached to an aromatic ring is 1. The number of nitrogens with one attached hydrogen (secondary N) is 1. The molecule has 154 valence electrons. The van der Waals surface area contributed by atoms with Gasteiger partial charge in [-0.15, -0.1) is 0 Å². The van der Waals surface area contributed by atoms with Crippen LogP contribution in [0.1, 0.15) is 24.2 Å². The number of pyridine rings is 1. The molecule has 1 atom stereocenters. The Morgan fingerprint density at radius 3 is 2.74 bits per heavy atom. The van der Waals surface area contributed by atoms with Crippen molar-refractivity contribution in [1.82, 2.24) is 14.5 Å². The van der Waals surface area contributed by atoms with Crippen LogP contribution in [-0.2, 0) is 6.54 Å². The maximum Gasteiger partial charge on any atom is 0.260 e. The number of anilines is 2. The lowest BCUT2D eigenvalue weighted by Crippen LogP contribution is -2.27. The summed E-state index contributed by atoms with van der Waals surface area (Å²) in [5, 5.41) is 4.85. The highest BCUT2D eigenvalue weighted by Crippen LogP contribution is 2.29. The summed E-state index contributed by atoms with van der Waals surface area (Å²) in [6.07, 6.45) is 1.38. The number of hydrogen-bond acceptors (Lipinski definition) is 5. The van der Waals surface area contributed by atoms with Crippen LogP contribution in [0, 0.1) is 6.57 Å². The van der Waals surface area contributed by atoms with Crippen molar-refractivity contribution in [1.29, 1.82) is 0 Å². The van der Waals surface area contributed by atoms with Crippen LogP contribution in [0.15, 0.2) is 65.6 Å². The molecule has 0 saturated carbocycles. The van der Waals surface area contributed by atoms with Crippen LogP contribution in [0.25, 0.3) is 15.6 Å². The van der Waals surface area contributed by atoms with Crippen LogP contribution in [0.5, 0.6) is 0 Å². The molecule has 4 aromatic rings. The van der Waals surface area contributed by atoms with Crippen molar-refractivity contribution < 1.29 is 0 Å². The van der Waals surface area contributed by atoms with E-state index >= 15 is 0 Å². The van der Waals surface area contributed by atoms with Gasteiger partial charge in [0.05, 0.1) is 29.6 Å². The van der Waals surface area contributed by atoms with E-state index in [2.05, 4.69) is 20.1 Å². The average molecular weight is 431 g/mol. The van der Waals surface area contributed by atoms with Crippen molar-refractivity contribution >= 4 is 39.8 Å². The van der Waals surface area contributed by atoms with Crippen LogP contribution in [0.2, 0.25) is 5.02 Å². The Hall–Kier alpha value is -3.89. The highest BCUT2D eigenvalue weighted by atomic mass is 35.5. The lowest BCUT2D eigenvalue weighted by molar-refractivity contribution is 0.670. The molecule has 8 heteroatoms. The van der Waals surface area contributed by atoms with Crippen LogP contribution < -0.4 is 16.6 Å². The summed E-state index contributed by atoms with van der Waals surface area (Å²) in [7, 11) is 0. The van der Waals surface area contributed by atoms with Gasteiger partial charge in [-0.1, -0.05) is 54.1 Å². The van der Waals surface area contributed by atoms with Crippen molar-refractivity contribution in [2.75, 3.05) is 11.1 Å². The maximum atomic E-state index is 13.5. The molecule has 3 N–H and O–H groups in total. The Bertz CT molecular complexity index is 1360. The molecule has 4 rings (SSSR count). The number of benzene rings is 2. The molecule has 0 aliphatic carbocycles. The fraction of sp³-hybridized carbons (Fsp3) is 0.130. The quantitative estimate of drug-likeness (QED) is 0.444. The van der Waals surface area contributed by atoms with Gasteiger partial charge in [0, 0.05) is 11.9 Å². The molecule has 0 aliphatic rings. The summed E-state index contributed by atoms with van der Waals surface area (Å²) in [5.41, 5.74) is 7.50. The maximum absolute atomic E-state index is 13.5. The third kappa shape index (κ3) is 4.06. The van der Waals surface area contributed by atoms with E-state index in [0.29, 0.717) is 22.8 Å². The molecule has 0 fully saturated rings. The third-order valence-corrected chi connectivity index (χ3v) is 5.32. The molecule has 0 unspecified atom stereocenters. The second-order valence-corrected chi connectivity index (χ2v) is 7.50. The van der Waals surface area contributed by atoms with Crippen LogP contribution in [0.3, 0.4) is 0 Å². The number of fused-ring (bicyclic) bond motifs is 1. The molecule has 2 heterocycles. The number of nitrogens with zero attached hydrogens (tertiary/aromatic N) is 4. The molecule has 31 heavy (non-hydrogen) atoms. The van der Waals surface area contributed by atoms with E-state index in [4.69, 9.17) is 23.9 Å². The fourth-order valence-corrected chi connectivity index (χ4v) is 3.78. The Morgan fingerprint density at radius 1 is 1.23 bits per heavy atom. The summed E-state index contributed by atoms with van der Waals surface area (Å²) in [6.45, 7) is 9.63. The summed E-state index contributed by atoms with van der Waals surface area (Å²) >= 11 is 6.36. The van der Waals surface area contributed by atoms with Crippen molar-refractivity contribution in [3.05, 3.63) is 98.8 Å². The summed E-state index contributed by atoms with van der Waals surface area (Å²) in [4.78, 5) is 24.9. The first kappa shape index (κ1) is 20.4. The van der Waals surface area contributed by atoms with Crippen LogP contribution in [-0.4, -0.2) is 14.5 Å². The first-order valence-electron chi connectivity index (χ1n) is 9.60. The zero-order chi connectivity index (χ0) is 22.0. The van der Waals surface area contributed by atoms with Crippen molar-refractivity contribution in [3.63, 3.8) is 0 Å². The predicted molar refractivity (Wildman–Crippen MR) is 124 cm³/mol. The smallest absolute Gasteiger partial charge is 0.260 e. The minimum absolute atomic E-state index is 0.0640. The van der Waals surface area contributed by atoms with Crippen LogP contribution >= 0.6 is 11.6 Å². The summed E-state index contributed by atoms with van der Waals surface area (Å²) < 4.78 is 1.70. The van der Waals surface area contributed by atoms with E-state index in [1.165, 1.54) is 6.20 Å². The van der Waals surface area contributed by atoms with Gasteiger partial charge in [0.2, 0.25) is 11.6 Å². The molecule has 2 aromatic carbocycles. The SMILES string of the molecule is [C-]#[N+]c1cnc(N)nc1N[C@@H](C)c1cc2cccc(Cl)c2c(=O)n1Cc1ccccc1. The van der Waals surface area contributed by atoms with Gasteiger partial charge in [0.1, 0.15) is 5.82 Å². The lowest BCUT2D eigenvalue weighted by atomic mass is 10.1. The van der Waals surface area contributed by atoms with E-state index < -0.39 is 0 Å². The molecular weight excluding hydrogens is 412 g/mol. The predicted octanol–water partition coefficient (Wildman–Crippen LogP) is 4.80. The minimum Gasteiger partial charge on any atom is -0.371 e. The fourth-order valence-electron chi connectivity index (χ4n) is 3.52. The van der Waals surface area contributed by atoms with Gasteiger partial charge < -0.3 is 15.6 Å². The van der Waals surface area contributed by atoms with Gasteiger partial charge in [-0.05, 0) is 30.0 Å². The number of nitrogens with two attached hydrogens (primary N) is 1. The highest BCUT2D eigenvalue weighted by Gasteiger charge is 2.18. The van der Waals surface area contributed by atoms with E-state index in [1.54, 1.807) is 10.6 Å². The normalized spacial score (nSPS) is 11.8. The van der Waals surface area contributed by atoms with Gasteiger partial charge in [0.25, 0.3) is 5.56 Å². The molecule has 0 spiro atoms. The van der Waals surface area contributed by atoms with Crippen molar-refractivity contribution in [2.45, 2.75) is 19.5 Å². The van der Waals surface area contributed by atoms with E-state index in [0.717, 1.165) is 16.6 Å². The first-order chi connectivity index (χ1) is 15.0. The van der Waals surface area contributed by atoms with Gasteiger partial charge in [-0.25, -0.2) is 14.8 Å². The third-order valence-electron chi connectivity index (χ3n) is 5.01. The number of rotatable bonds is 5. The largest absolute Gasteiger partial charge is 0.371 e. The second kappa shape index (κ2) is 8.46. The van der Waals surface area contributed by atoms with Gasteiger partial charge in [-0.2, -0.15) is 0 Å². The molecule has 7 nitrogen and oxygen atoms in total. The Kier molecular flexibility index (Phi) is 5.56. The Labute approximate surface area is 184 Å². The highest BCUT2D eigenvalue weighted by molar-refractivity contribution is 6.35. The standard InChI is InChI=1S/C23H19ClN6O/c1-14(28-21-18(26-2)12-27-23(25)29-21)19-11-16-9-6-10-17(24)20(16)22(31)30(19)13-15-7-4-3-5-8-15/h3-12,14H,13H2,1H3,(H3,25,27,28,29)/t14-/m0/s1. The molecule has 2 aromatic heterocycles. The second-order valence-electron chi connectivity index (χ2n) is 7.09. The molecule has 0 amide bonds.